The summed E-state index contributed by atoms with van der Waals surface area (Å²) in [7, 11) is 0. The van der Waals surface area contributed by atoms with E-state index in [4.69, 9.17) is 10.3 Å². The SMILES string of the molecule is Cc1ccc(C2=CC=COC2N=[N])cc1. The summed E-state index contributed by atoms with van der Waals surface area (Å²) in [6.45, 7) is 2.03. The van der Waals surface area contributed by atoms with Gasteiger partial charge in [0.25, 0.3) is 0 Å². The largest absolute Gasteiger partial charge is 0.470 e. The van der Waals surface area contributed by atoms with Gasteiger partial charge >= 0.3 is 0 Å². The van der Waals surface area contributed by atoms with Crippen molar-refractivity contribution in [3.05, 3.63) is 53.8 Å². The van der Waals surface area contributed by atoms with Crippen molar-refractivity contribution < 1.29 is 4.74 Å². The highest BCUT2D eigenvalue weighted by Crippen LogP contribution is 2.24. The van der Waals surface area contributed by atoms with Gasteiger partial charge in [0.15, 0.2) is 0 Å². The highest BCUT2D eigenvalue weighted by molar-refractivity contribution is 5.70. The van der Waals surface area contributed by atoms with E-state index >= 15 is 0 Å². The third-order valence-corrected chi connectivity index (χ3v) is 2.32. The molecule has 1 atom stereocenters. The monoisotopic (exact) mass is 199 g/mol. The molecule has 0 aliphatic carbocycles. The number of allylic oxidation sites excluding steroid dienone is 2. The molecular weight excluding hydrogens is 188 g/mol. The minimum Gasteiger partial charge on any atom is -0.470 e. The molecule has 0 bridgehead atoms. The lowest BCUT2D eigenvalue weighted by Gasteiger charge is -2.17. The Morgan fingerprint density at radius 1 is 1.27 bits per heavy atom. The van der Waals surface area contributed by atoms with Gasteiger partial charge < -0.3 is 4.74 Å². The maximum atomic E-state index is 8.80. The predicted molar refractivity (Wildman–Crippen MR) is 57.7 cm³/mol. The lowest BCUT2D eigenvalue weighted by atomic mass is 10.0. The summed E-state index contributed by atoms with van der Waals surface area (Å²) in [6.07, 6.45) is 4.58. The molecular formula is C12H11N2O. The first-order valence-electron chi connectivity index (χ1n) is 4.74. The van der Waals surface area contributed by atoms with Crippen molar-refractivity contribution in [3.8, 4) is 0 Å². The molecule has 1 aromatic carbocycles. The van der Waals surface area contributed by atoms with Gasteiger partial charge in [-0.1, -0.05) is 29.8 Å². The summed E-state index contributed by atoms with van der Waals surface area (Å²) in [6, 6.07) is 8.01. The van der Waals surface area contributed by atoms with Gasteiger partial charge in [-0.3, -0.25) is 0 Å². The number of aryl methyl sites for hydroxylation is 1. The maximum absolute atomic E-state index is 8.80. The first-order chi connectivity index (χ1) is 7.31. The van der Waals surface area contributed by atoms with Crippen LogP contribution in [0.15, 0.2) is 47.8 Å². The van der Waals surface area contributed by atoms with Gasteiger partial charge in [0, 0.05) is 5.57 Å². The molecule has 1 radical (unpaired) electrons. The minimum atomic E-state index is -0.613. The highest BCUT2D eigenvalue weighted by atomic mass is 16.5. The van der Waals surface area contributed by atoms with E-state index < -0.39 is 6.23 Å². The van der Waals surface area contributed by atoms with Crippen LogP contribution in [-0.4, -0.2) is 6.23 Å². The number of hydrogen-bond acceptors (Lipinski definition) is 2. The van der Waals surface area contributed by atoms with Crippen molar-refractivity contribution in [2.75, 3.05) is 0 Å². The fourth-order valence-corrected chi connectivity index (χ4v) is 1.49. The molecule has 75 valence electrons. The van der Waals surface area contributed by atoms with Gasteiger partial charge in [0.05, 0.1) is 6.26 Å². The molecule has 3 heteroatoms. The zero-order valence-electron chi connectivity index (χ0n) is 8.42. The Hall–Kier alpha value is -1.90. The Balaban J connectivity index is 2.36. The molecule has 1 unspecified atom stereocenters. The lowest BCUT2D eigenvalue weighted by Crippen LogP contribution is -2.11. The van der Waals surface area contributed by atoms with Crippen molar-refractivity contribution in [3.63, 3.8) is 0 Å². The molecule has 0 N–H and O–H groups in total. The molecule has 0 saturated carbocycles. The second-order valence-electron chi connectivity index (χ2n) is 3.42. The van der Waals surface area contributed by atoms with E-state index in [1.165, 1.54) is 11.8 Å². The Morgan fingerprint density at radius 3 is 2.67 bits per heavy atom. The van der Waals surface area contributed by atoms with Crippen molar-refractivity contribution in [2.45, 2.75) is 13.2 Å². The summed E-state index contributed by atoms with van der Waals surface area (Å²) < 4.78 is 5.16. The molecule has 0 fully saturated rings. The van der Waals surface area contributed by atoms with E-state index in [1.807, 2.05) is 37.3 Å². The van der Waals surface area contributed by atoms with Crippen LogP contribution in [0, 0.1) is 6.92 Å². The zero-order chi connectivity index (χ0) is 10.7. The molecule has 3 nitrogen and oxygen atoms in total. The maximum Gasteiger partial charge on any atom is 0.236 e. The van der Waals surface area contributed by atoms with Crippen molar-refractivity contribution in [2.24, 2.45) is 5.11 Å². The van der Waals surface area contributed by atoms with Crippen molar-refractivity contribution in [1.82, 2.24) is 5.53 Å². The summed E-state index contributed by atoms with van der Waals surface area (Å²) in [5.74, 6) is 0. The topological polar surface area (TPSA) is 43.9 Å². The predicted octanol–water partition coefficient (Wildman–Crippen LogP) is 2.50. The van der Waals surface area contributed by atoms with Crippen LogP contribution in [0.3, 0.4) is 0 Å². The van der Waals surface area contributed by atoms with Crippen LogP contribution in [0.1, 0.15) is 11.1 Å². The molecule has 1 aromatic rings. The second kappa shape index (κ2) is 4.09. The molecule has 1 aliphatic rings. The molecule has 15 heavy (non-hydrogen) atoms. The number of ether oxygens (including phenoxy) is 1. The quantitative estimate of drug-likeness (QED) is 0.675. The van der Waals surface area contributed by atoms with Crippen molar-refractivity contribution in [1.29, 1.82) is 0 Å². The average molecular weight is 199 g/mol. The van der Waals surface area contributed by atoms with E-state index in [9.17, 15) is 0 Å². The summed E-state index contributed by atoms with van der Waals surface area (Å²) in [4.78, 5) is 0. The lowest BCUT2D eigenvalue weighted by molar-refractivity contribution is 0.194. The number of benzene rings is 1. The fraction of sp³-hybridized carbons (Fsp3) is 0.167. The number of rotatable bonds is 2. The summed E-state index contributed by atoms with van der Waals surface area (Å²) >= 11 is 0. The Bertz CT molecular complexity index is 418. The molecule has 0 spiro atoms. The summed E-state index contributed by atoms with van der Waals surface area (Å²) in [5.41, 5.74) is 11.9. The molecule has 0 amide bonds. The van der Waals surface area contributed by atoms with Gasteiger partial charge in [0.2, 0.25) is 6.23 Å². The van der Waals surface area contributed by atoms with E-state index in [1.54, 1.807) is 6.08 Å². The van der Waals surface area contributed by atoms with E-state index in [0.29, 0.717) is 0 Å². The van der Waals surface area contributed by atoms with Crippen LogP contribution in [0.2, 0.25) is 0 Å². The molecule has 2 rings (SSSR count). The zero-order valence-corrected chi connectivity index (χ0v) is 8.42. The van der Waals surface area contributed by atoms with Crippen molar-refractivity contribution >= 4 is 5.57 Å². The minimum absolute atomic E-state index is 0.613. The van der Waals surface area contributed by atoms with Gasteiger partial charge in [-0.25, -0.2) is 0 Å². The first-order valence-corrected chi connectivity index (χ1v) is 4.74. The molecule has 0 saturated heterocycles. The first kappa shape index (κ1) is 9.65. The number of hydrogen-bond donors (Lipinski definition) is 0. The summed E-state index contributed by atoms with van der Waals surface area (Å²) in [5, 5.41) is 3.19. The average Bonchev–Trinajstić information content (AvgIpc) is 2.30. The number of nitrogens with zero attached hydrogens (tertiary/aromatic N) is 2. The van der Waals surface area contributed by atoms with Crippen LogP contribution >= 0.6 is 0 Å². The Morgan fingerprint density at radius 2 is 2.00 bits per heavy atom. The van der Waals surface area contributed by atoms with Gasteiger partial charge in [-0.15, -0.1) is 5.11 Å². The van der Waals surface area contributed by atoms with Crippen LogP contribution in [-0.2, 0) is 4.74 Å². The van der Waals surface area contributed by atoms with E-state index in [2.05, 4.69) is 5.11 Å². The van der Waals surface area contributed by atoms with Gasteiger partial charge in [-0.2, -0.15) is 0 Å². The van der Waals surface area contributed by atoms with E-state index in [-0.39, 0.29) is 0 Å². The third kappa shape index (κ3) is 1.96. The smallest absolute Gasteiger partial charge is 0.236 e. The standard InChI is InChI=1S/C12H11N2O/c1-9-4-6-10(7-5-9)11-3-2-8-15-12(11)14-13/h2-8,12H,1H3. The normalized spacial score (nSPS) is 19.3. The van der Waals surface area contributed by atoms with Crippen LogP contribution in [0.4, 0.5) is 0 Å². The second-order valence-corrected chi connectivity index (χ2v) is 3.42. The van der Waals surface area contributed by atoms with Crippen LogP contribution < -0.4 is 5.53 Å². The Kier molecular flexibility index (Phi) is 2.63. The fourth-order valence-electron chi connectivity index (χ4n) is 1.49. The van der Waals surface area contributed by atoms with Gasteiger partial charge in [-0.05, 0) is 30.2 Å². The molecule has 0 aromatic heterocycles. The van der Waals surface area contributed by atoms with Crippen LogP contribution in [0.25, 0.3) is 5.57 Å². The Labute approximate surface area is 88.6 Å². The van der Waals surface area contributed by atoms with Crippen LogP contribution in [0.5, 0.6) is 0 Å². The molecule has 1 aliphatic heterocycles. The molecule has 1 heterocycles. The van der Waals surface area contributed by atoms with Gasteiger partial charge in [0.1, 0.15) is 0 Å². The van der Waals surface area contributed by atoms with E-state index in [0.717, 1.165) is 11.1 Å². The highest BCUT2D eigenvalue weighted by Gasteiger charge is 2.17. The third-order valence-electron chi connectivity index (χ3n) is 2.32.